The third-order valence-electron chi connectivity index (χ3n) is 6.35. The highest BCUT2D eigenvalue weighted by molar-refractivity contribution is 9.10. The first-order valence-corrected chi connectivity index (χ1v) is 8.80. The summed E-state index contributed by atoms with van der Waals surface area (Å²) in [7, 11) is 0. The number of nitrogens with zero attached hydrogens (tertiary/aromatic N) is 1. The zero-order chi connectivity index (χ0) is 16.0. The summed E-state index contributed by atoms with van der Waals surface area (Å²) in [6.07, 6.45) is 3.04. The summed E-state index contributed by atoms with van der Waals surface area (Å²) >= 11 is 3.02. The quantitative estimate of drug-likeness (QED) is 0.698. The third kappa shape index (κ3) is 1.68. The molecule has 3 nitrogen and oxygen atoms in total. The Morgan fingerprint density at radius 1 is 0.913 bits per heavy atom. The first-order valence-electron chi connectivity index (χ1n) is 8.01. The Balaban J connectivity index is 1.62. The van der Waals surface area contributed by atoms with Crippen LogP contribution in [0.5, 0.6) is 0 Å². The molecule has 5 aliphatic rings. The topological polar surface area (TPSA) is 37.4 Å². The first kappa shape index (κ1) is 14.1. The molecule has 2 bridgehead atoms. The summed E-state index contributed by atoms with van der Waals surface area (Å²) in [5, 5.41) is 0. The lowest BCUT2D eigenvalue weighted by molar-refractivity contribution is -0.129. The average Bonchev–Trinajstić information content (AvgIpc) is 3.26. The minimum Gasteiger partial charge on any atom is -0.274 e. The molecule has 6 rings (SSSR count). The van der Waals surface area contributed by atoms with Gasteiger partial charge in [-0.1, -0.05) is 15.9 Å². The van der Waals surface area contributed by atoms with Crippen molar-refractivity contribution in [2.45, 2.75) is 19.3 Å². The monoisotopic (exact) mass is 381 g/mol. The van der Waals surface area contributed by atoms with Crippen molar-refractivity contribution in [1.82, 2.24) is 0 Å². The molecular weight excluding hydrogens is 368 g/mol. The number of hydrogen-bond acceptors (Lipinski definition) is 2. The lowest BCUT2D eigenvalue weighted by atomic mass is 9.59. The van der Waals surface area contributed by atoms with Crippen molar-refractivity contribution in [2.24, 2.45) is 35.5 Å². The van der Waals surface area contributed by atoms with Crippen LogP contribution in [0, 0.1) is 47.1 Å². The number of benzene rings is 1. The fourth-order valence-electron chi connectivity index (χ4n) is 5.51. The molecule has 1 aliphatic heterocycles. The van der Waals surface area contributed by atoms with Crippen LogP contribution in [0.4, 0.5) is 14.5 Å². The average molecular weight is 382 g/mol. The van der Waals surface area contributed by atoms with Crippen LogP contribution in [0.1, 0.15) is 19.3 Å². The van der Waals surface area contributed by atoms with Crippen molar-refractivity contribution < 1.29 is 18.4 Å². The molecule has 0 spiro atoms. The molecule has 4 saturated carbocycles. The van der Waals surface area contributed by atoms with E-state index in [9.17, 15) is 18.4 Å². The second kappa shape index (κ2) is 4.41. The lowest BCUT2D eigenvalue weighted by Crippen LogP contribution is -2.43. The van der Waals surface area contributed by atoms with Gasteiger partial charge in [-0.05, 0) is 55.1 Å². The first-order chi connectivity index (χ1) is 11.0. The minimum atomic E-state index is -0.880. The van der Waals surface area contributed by atoms with E-state index in [1.807, 2.05) is 0 Å². The second-order valence-electron chi connectivity index (χ2n) is 7.25. The van der Waals surface area contributed by atoms with E-state index in [0.717, 1.165) is 36.3 Å². The smallest absolute Gasteiger partial charge is 0.238 e. The molecule has 23 heavy (non-hydrogen) atoms. The SMILES string of the molecule is O=C1C2C3CCC(C4CC43)C2C(=O)N1c1c(F)cc(Br)cc1F. The Morgan fingerprint density at radius 2 is 1.39 bits per heavy atom. The Labute approximate surface area is 140 Å². The molecule has 0 radical (unpaired) electrons. The number of anilines is 1. The van der Waals surface area contributed by atoms with Gasteiger partial charge in [0.05, 0.1) is 11.8 Å². The highest BCUT2D eigenvalue weighted by atomic mass is 79.9. The molecule has 1 saturated heterocycles. The number of imide groups is 1. The maximum Gasteiger partial charge on any atom is 0.238 e. The van der Waals surface area contributed by atoms with E-state index in [1.165, 1.54) is 0 Å². The molecule has 6 atom stereocenters. The molecule has 1 heterocycles. The predicted molar refractivity (Wildman–Crippen MR) is 81.3 cm³/mol. The molecule has 0 N–H and O–H groups in total. The van der Waals surface area contributed by atoms with Gasteiger partial charge in [0, 0.05) is 4.47 Å². The number of fused-ring (bicyclic) bond motifs is 1. The molecule has 1 aromatic rings. The van der Waals surface area contributed by atoms with E-state index in [1.54, 1.807) is 0 Å². The van der Waals surface area contributed by atoms with E-state index in [2.05, 4.69) is 15.9 Å². The van der Waals surface area contributed by atoms with E-state index in [0.29, 0.717) is 11.8 Å². The van der Waals surface area contributed by atoms with Crippen LogP contribution >= 0.6 is 15.9 Å². The van der Waals surface area contributed by atoms with Gasteiger partial charge < -0.3 is 0 Å². The van der Waals surface area contributed by atoms with Crippen LogP contribution in [-0.2, 0) is 9.59 Å². The Bertz CT molecular complexity index is 710. The molecule has 6 heteroatoms. The number of carbonyl (C=O) groups is 2. The van der Waals surface area contributed by atoms with Crippen molar-refractivity contribution in [3.8, 4) is 0 Å². The Morgan fingerprint density at radius 3 is 1.87 bits per heavy atom. The van der Waals surface area contributed by atoms with Crippen molar-refractivity contribution in [3.63, 3.8) is 0 Å². The van der Waals surface area contributed by atoms with Gasteiger partial charge in [-0.25, -0.2) is 13.7 Å². The van der Waals surface area contributed by atoms with Crippen LogP contribution in [0.2, 0.25) is 0 Å². The van der Waals surface area contributed by atoms with Crippen LogP contribution in [0.25, 0.3) is 0 Å². The molecule has 5 fully saturated rings. The van der Waals surface area contributed by atoms with Crippen LogP contribution in [0.15, 0.2) is 16.6 Å². The van der Waals surface area contributed by atoms with Crippen molar-refractivity contribution in [3.05, 3.63) is 28.2 Å². The molecule has 4 aliphatic carbocycles. The normalized spacial score (nSPS) is 40.4. The van der Waals surface area contributed by atoms with Crippen LogP contribution in [-0.4, -0.2) is 11.8 Å². The van der Waals surface area contributed by atoms with Crippen LogP contribution in [0.3, 0.4) is 0 Å². The third-order valence-corrected chi connectivity index (χ3v) is 6.81. The number of halogens is 3. The van der Waals surface area contributed by atoms with Gasteiger partial charge in [0.1, 0.15) is 5.69 Å². The Hall–Kier alpha value is -1.30. The molecule has 0 aromatic heterocycles. The molecule has 6 unspecified atom stereocenters. The zero-order valence-corrected chi connectivity index (χ0v) is 13.7. The molecule has 1 aromatic carbocycles. The van der Waals surface area contributed by atoms with E-state index < -0.39 is 29.1 Å². The number of amides is 2. The molecular formula is C17H14BrF2NO2. The van der Waals surface area contributed by atoms with Gasteiger partial charge in [0.25, 0.3) is 0 Å². The standard InChI is InChI=1S/C17H14BrF2NO2/c18-6-3-11(19)15(12(20)4-6)21-16(22)13-7-1-2-8(10-5-9(7)10)14(13)17(21)23/h3-4,7-10,13-14H,1-2,5H2. The fourth-order valence-corrected chi connectivity index (χ4v) is 5.91. The molecule has 120 valence electrons. The van der Waals surface area contributed by atoms with Gasteiger partial charge >= 0.3 is 0 Å². The van der Waals surface area contributed by atoms with Gasteiger partial charge in [0.2, 0.25) is 11.8 Å². The number of carbonyl (C=O) groups excluding carboxylic acids is 2. The minimum absolute atomic E-state index is 0.220. The summed E-state index contributed by atoms with van der Waals surface area (Å²) in [6.45, 7) is 0. The van der Waals surface area contributed by atoms with Crippen molar-refractivity contribution in [1.29, 1.82) is 0 Å². The summed E-state index contributed by atoms with van der Waals surface area (Å²) in [6, 6.07) is 2.18. The number of rotatable bonds is 1. The molecule has 2 amide bonds. The van der Waals surface area contributed by atoms with Crippen molar-refractivity contribution in [2.75, 3.05) is 4.90 Å². The number of hydrogen-bond donors (Lipinski definition) is 0. The van der Waals surface area contributed by atoms with Gasteiger partial charge in [0.15, 0.2) is 11.6 Å². The van der Waals surface area contributed by atoms with Gasteiger partial charge in [-0.2, -0.15) is 0 Å². The fraction of sp³-hybridized carbons (Fsp3) is 0.529. The summed E-state index contributed by atoms with van der Waals surface area (Å²) in [4.78, 5) is 26.5. The van der Waals surface area contributed by atoms with Gasteiger partial charge in [-0.3, -0.25) is 9.59 Å². The Kier molecular flexibility index (Phi) is 2.70. The van der Waals surface area contributed by atoms with E-state index >= 15 is 0 Å². The predicted octanol–water partition coefficient (Wildman–Crippen LogP) is 3.51. The second-order valence-corrected chi connectivity index (χ2v) is 8.17. The van der Waals surface area contributed by atoms with E-state index in [-0.39, 0.29) is 28.1 Å². The highest BCUT2D eigenvalue weighted by Crippen LogP contribution is 2.68. The summed E-state index contributed by atoms with van der Waals surface area (Å²) in [5.74, 6) is -1.77. The highest BCUT2D eigenvalue weighted by Gasteiger charge is 2.68. The maximum atomic E-state index is 14.3. The van der Waals surface area contributed by atoms with E-state index in [4.69, 9.17) is 0 Å². The van der Waals surface area contributed by atoms with Gasteiger partial charge in [-0.15, -0.1) is 0 Å². The largest absolute Gasteiger partial charge is 0.274 e. The van der Waals surface area contributed by atoms with Crippen LogP contribution < -0.4 is 4.90 Å². The summed E-state index contributed by atoms with van der Waals surface area (Å²) < 4.78 is 28.8. The van der Waals surface area contributed by atoms with Crippen molar-refractivity contribution >= 4 is 33.4 Å². The summed E-state index contributed by atoms with van der Waals surface area (Å²) in [5.41, 5.74) is -0.509. The zero-order valence-electron chi connectivity index (χ0n) is 12.1. The lowest BCUT2D eigenvalue weighted by Gasteiger charge is -2.42. The maximum absolute atomic E-state index is 14.3.